The predicted molar refractivity (Wildman–Crippen MR) is 251 cm³/mol. The van der Waals surface area contributed by atoms with Gasteiger partial charge in [-0.05, 0) is 75.1 Å². The number of amides is 4. The molecule has 0 bridgehead atoms. The van der Waals surface area contributed by atoms with Crippen molar-refractivity contribution in [1.82, 2.24) is 40.2 Å². The number of rotatable bonds is 13. The number of β-amino-alcohol motifs (C(OH)–C–C–N with tert-alkyl or cyclic N) is 1. The number of hydrogen-bond donors (Lipinski definition) is 3. The highest BCUT2D eigenvalue weighted by molar-refractivity contribution is 7.15. The molecule has 64 heavy (non-hydrogen) atoms. The fourth-order valence-corrected chi connectivity index (χ4v) is 10.4. The van der Waals surface area contributed by atoms with Crippen molar-refractivity contribution in [2.45, 2.75) is 118 Å². The van der Waals surface area contributed by atoms with Gasteiger partial charge in [0.05, 0.1) is 40.4 Å². The third kappa shape index (κ3) is 9.73. The maximum Gasteiger partial charge on any atom is 0.246 e. The molecule has 338 valence electrons. The van der Waals surface area contributed by atoms with Crippen molar-refractivity contribution in [3.63, 3.8) is 0 Å². The monoisotopic (exact) mass is 905 g/mol. The first-order chi connectivity index (χ1) is 30.3. The van der Waals surface area contributed by atoms with Gasteiger partial charge in [-0.3, -0.25) is 28.7 Å². The summed E-state index contributed by atoms with van der Waals surface area (Å²) in [5.41, 5.74) is 8.97. The number of benzene rings is 2. The fraction of sp³-hybridized carbons (Fsp3) is 0.458. The lowest BCUT2D eigenvalue weighted by atomic mass is 9.85. The van der Waals surface area contributed by atoms with Gasteiger partial charge in [0.2, 0.25) is 23.6 Å². The standard InChI is InChI=1S/C48H59N9O5S2/c1-26-29(4)64-47-40(26)41(51-36(23-39(60)55(9)10)44-54-53-30(5)57(44)47)33-16-14-31(15-17-33)12-11-13-38(59)52-43(48(6,7)8)46(62)56-24-35(58)22-37(56)45(61)50-27(2)32-18-20-34(21-19-32)42-28(3)49-25-63-42/h14-21,25,27,35-37,43,58H,11-13,22-24H2,1-10H3,(H,50,61)(H,52,59)/t27-,35+,36-,37-,43?/m0/s1. The number of nitrogens with one attached hydrogen (secondary N) is 2. The SMILES string of the molecule is Cc1ncsc1-c1ccc([C@H](C)NC(=O)[C@@H]2C[C@@H](O)CN2C(=O)C(NC(=O)CCCc2ccc(C3=N[C@@H](CC(=O)N(C)C)c4nnc(C)n4-c4sc(C)c(C)c43)cc2)C(C)(C)C)cc1. The summed E-state index contributed by atoms with van der Waals surface area (Å²) in [7, 11) is 3.47. The van der Waals surface area contributed by atoms with Gasteiger partial charge in [-0.15, -0.1) is 32.9 Å². The number of aliphatic hydroxyl groups excluding tert-OH is 1. The van der Waals surface area contributed by atoms with Crippen LogP contribution in [0.25, 0.3) is 15.4 Å². The van der Waals surface area contributed by atoms with Crippen molar-refractivity contribution in [3.8, 4) is 15.4 Å². The van der Waals surface area contributed by atoms with Crippen molar-refractivity contribution in [3.05, 3.63) is 104 Å². The summed E-state index contributed by atoms with van der Waals surface area (Å²) >= 11 is 3.25. The topological polar surface area (TPSA) is 175 Å². The summed E-state index contributed by atoms with van der Waals surface area (Å²) in [4.78, 5) is 69.4. The molecule has 5 atom stereocenters. The Labute approximate surface area is 383 Å². The van der Waals surface area contributed by atoms with Crippen molar-refractivity contribution < 1.29 is 24.3 Å². The number of nitrogens with zero attached hydrogens (tertiary/aromatic N) is 7. The van der Waals surface area contributed by atoms with Gasteiger partial charge in [0, 0.05) is 49.5 Å². The third-order valence-corrected chi connectivity index (χ3v) is 14.4. The normalized spacial score (nSPS) is 18.1. The van der Waals surface area contributed by atoms with E-state index in [1.54, 1.807) is 41.7 Å². The third-order valence-electron chi connectivity index (χ3n) is 12.3. The molecule has 2 aliphatic heterocycles. The summed E-state index contributed by atoms with van der Waals surface area (Å²) in [6, 6.07) is 13.5. The zero-order valence-electron chi connectivity index (χ0n) is 38.4. The molecule has 14 nitrogen and oxygen atoms in total. The molecule has 1 saturated heterocycles. The molecule has 5 aromatic rings. The van der Waals surface area contributed by atoms with Gasteiger partial charge in [-0.1, -0.05) is 69.3 Å². The van der Waals surface area contributed by atoms with Crippen LogP contribution in [0.5, 0.6) is 0 Å². The van der Waals surface area contributed by atoms with Gasteiger partial charge in [0.25, 0.3) is 0 Å². The second-order valence-corrected chi connectivity index (χ2v) is 20.4. The van der Waals surface area contributed by atoms with E-state index >= 15 is 0 Å². The Morgan fingerprint density at radius 2 is 1.64 bits per heavy atom. The molecular formula is C48H59N9O5S2. The van der Waals surface area contributed by atoms with Crippen LogP contribution in [0.3, 0.4) is 0 Å². The zero-order chi connectivity index (χ0) is 46.2. The summed E-state index contributed by atoms with van der Waals surface area (Å²) in [6.45, 7) is 15.6. The average Bonchev–Trinajstić information content (AvgIpc) is 4.01. The maximum absolute atomic E-state index is 14.2. The summed E-state index contributed by atoms with van der Waals surface area (Å²) in [5, 5.41) is 26.6. The van der Waals surface area contributed by atoms with E-state index in [1.165, 1.54) is 9.78 Å². The molecule has 2 aliphatic rings. The number of carbonyl (C=O) groups is 4. The van der Waals surface area contributed by atoms with E-state index in [0.717, 1.165) is 60.5 Å². The highest BCUT2D eigenvalue weighted by atomic mass is 32.1. The summed E-state index contributed by atoms with van der Waals surface area (Å²) < 4.78 is 2.04. The summed E-state index contributed by atoms with van der Waals surface area (Å²) in [6.07, 6.45) is 0.761. The molecule has 3 N–H and O–H groups in total. The van der Waals surface area contributed by atoms with Gasteiger partial charge in [-0.25, -0.2) is 4.98 Å². The molecule has 1 fully saturated rings. The van der Waals surface area contributed by atoms with E-state index in [-0.39, 0.29) is 49.6 Å². The second-order valence-electron chi connectivity index (χ2n) is 18.3. The number of aliphatic hydroxyl groups is 1. The molecule has 5 heterocycles. The molecule has 0 saturated carbocycles. The van der Waals surface area contributed by atoms with Crippen LogP contribution in [0.2, 0.25) is 0 Å². The molecular weight excluding hydrogens is 847 g/mol. The first-order valence-electron chi connectivity index (χ1n) is 21.8. The van der Waals surface area contributed by atoms with Crippen LogP contribution in [0, 0.1) is 33.1 Å². The Balaban J connectivity index is 0.990. The highest BCUT2D eigenvalue weighted by Crippen LogP contribution is 2.40. The number of thiophene rings is 1. The van der Waals surface area contributed by atoms with Crippen molar-refractivity contribution in [1.29, 1.82) is 0 Å². The zero-order valence-corrected chi connectivity index (χ0v) is 40.0. The number of aryl methyl sites for hydroxylation is 4. The van der Waals surface area contributed by atoms with Crippen molar-refractivity contribution in [2.75, 3.05) is 20.6 Å². The first kappa shape index (κ1) is 46.4. The predicted octanol–water partition coefficient (Wildman–Crippen LogP) is 6.75. The van der Waals surface area contributed by atoms with Crippen LogP contribution in [-0.2, 0) is 25.6 Å². The van der Waals surface area contributed by atoms with E-state index in [2.05, 4.69) is 39.7 Å². The Bertz CT molecular complexity index is 2570. The van der Waals surface area contributed by atoms with Gasteiger partial charge in [0.15, 0.2) is 5.82 Å². The first-order valence-corrected chi connectivity index (χ1v) is 23.5. The largest absolute Gasteiger partial charge is 0.391 e. The van der Waals surface area contributed by atoms with Crippen LogP contribution in [0.4, 0.5) is 0 Å². The second kappa shape index (κ2) is 18.9. The summed E-state index contributed by atoms with van der Waals surface area (Å²) in [5.74, 6) is 0.320. The Morgan fingerprint density at radius 1 is 0.953 bits per heavy atom. The molecule has 1 unspecified atom stereocenters. The molecule has 16 heteroatoms. The molecule has 2 aromatic carbocycles. The Morgan fingerprint density at radius 3 is 2.28 bits per heavy atom. The number of fused-ring (bicyclic) bond motifs is 3. The molecule has 3 aromatic heterocycles. The lowest BCUT2D eigenvalue weighted by molar-refractivity contribution is -0.144. The maximum atomic E-state index is 14.2. The molecule has 0 spiro atoms. The lowest BCUT2D eigenvalue weighted by Crippen LogP contribution is -2.57. The Hall–Kier alpha value is -5.58. The van der Waals surface area contributed by atoms with Crippen molar-refractivity contribution >= 4 is 52.0 Å². The molecule has 0 radical (unpaired) electrons. The van der Waals surface area contributed by atoms with Gasteiger partial charge in [0.1, 0.15) is 29.0 Å². The van der Waals surface area contributed by atoms with Gasteiger partial charge < -0.3 is 25.5 Å². The minimum atomic E-state index is -0.914. The van der Waals surface area contributed by atoms with E-state index in [0.29, 0.717) is 18.7 Å². The van der Waals surface area contributed by atoms with Crippen LogP contribution < -0.4 is 10.6 Å². The van der Waals surface area contributed by atoms with Gasteiger partial charge in [-0.2, -0.15) is 0 Å². The van der Waals surface area contributed by atoms with Crippen LogP contribution in [0.15, 0.2) is 59.0 Å². The highest BCUT2D eigenvalue weighted by Gasteiger charge is 2.45. The van der Waals surface area contributed by atoms with E-state index in [4.69, 9.17) is 4.99 Å². The smallest absolute Gasteiger partial charge is 0.246 e. The minimum absolute atomic E-state index is 0.00172. The molecule has 7 rings (SSSR count). The van der Waals surface area contributed by atoms with Crippen molar-refractivity contribution in [2.24, 2.45) is 10.4 Å². The minimum Gasteiger partial charge on any atom is -0.391 e. The number of aliphatic imine (C=N–C) groups is 1. The Kier molecular flexibility index (Phi) is 13.7. The number of likely N-dealkylation sites (tertiary alicyclic amines) is 1. The molecule has 4 amide bonds. The van der Waals surface area contributed by atoms with E-state index < -0.39 is 35.6 Å². The molecule has 0 aliphatic carbocycles. The fourth-order valence-electron chi connectivity index (χ4n) is 8.40. The van der Waals surface area contributed by atoms with Crippen LogP contribution >= 0.6 is 22.7 Å². The number of carbonyl (C=O) groups excluding carboxylic acids is 4. The average molecular weight is 906 g/mol. The number of thiazole rings is 1. The van der Waals surface area contributed by atoms with Gasteiger partial charge >= 0.3 is 0 Å². The number of aromatic nitrogens is 4. The van der Waals surface area contributed by atoms with Crippen LogP contribution in [0.1, 0.15) is 115 Å². The van der Waals surface area contributed by atoms with E-state index in [1.807, 2.05) is 100 Å². The number of hydrogen-bond acceptors (Lipinski definition) is 11. The quantitative estimate of drug-likeness (QED) is 0.116. The lowest BCUT2D eigenvalue weighted by Gasteiger charge is -2.35. The van der Waals surface area contributed by atoms with Crippen LogP contribution in [-0.4, -0.2) is 103 Å². The van der Waals surface area contributed by atoms with E-state index in [9.17, 15) is 24.3 Å².